The Morgan fingerprint density at radius 1 is 1.30 bits per heavy atom. The van der Waals surface area contributed by atoms with Gasteiger partial charge in [0.25, 0.3) is 0 Å². The van der Waals surface area contributed by atoms with E-state index in [0.717, 1.165) is 4.90 Å². The van der Waals surface area contributed by atoms with Gasteiger partial charge in [0, 0.05) is 28.3 Å². The van der Waals surface area contributed by atoms with E-state index >= 15 is 0 Å². The van der Waals surface area contributed by atoms with Gasteiger partial charge in [-0.1, -0.05) is 17.7 Å². The highest BCUT2D eigenvalue weighted by atomic mass is 35.5. The van der Waals surface area contributed by atoms with Gasteiger partial charge in [-0.05, 0) is 42.5 Å². The SMILES string of the molecule is CC(=O)Nc1ccc(OCC(O)CSc2cccc(Cl)c2)cc1. The molecule has 23 heavy (non-hydrogen) atoms. The Bertz CT molecular complexity index is 649. The molecule has 2 aromatic rings. The van der Waals surface area contributed by atoms with Crippen LogP contribution < -0.4 is 10.1 Å². The summed E-state index contributed by atoms with van der Waals surface area (Å²) in [6.45, 7) is 1.66. The molecular formula is C17H18ClNO3S. The van der Waals surface area contributed by atoms with Crippen LogP contribution in [0.2, 0.25) is 5.02 Å². The number of aliphatic hydroxyl groups is 1. The van der Waals surface area contributed by atoms with E-state index in [1.54, 1.807) is 24.3 Å². The van der Waals surface area contributed by atoms with E-state index in [1.807, 2.05) is 24.3 Å². The summed E-state index contributed by atoms with van der Waals surface area (Å²) in [6, 6.07) is 14.5. The maximum absolute atomic E-state index is 10.9. The van der Waals surface area contributed by atoms with Crippen molar-refractivity contribution in [3.8, 4) is 5.75 Å². The fourth-order valence-corrected chi connectivity index (χ4v) is 2.95. The highest BCUT2D eigenvalue weighted by molar-refractivity contribution is 7.99. The van der Waals surface area contributed by atoms with Gasteiger partial charge in [-0.2, -0.15) is 0 Å². The van der Waals surface area contributed by atoms with Crippen LogP contribution in [0.5, 0.6) is 5.75 Å². The van der Waals surface area contributed by atoms with Crippen LogP contribution in [-0.4, -0.2) is 29.5 Å². The highest BCUT2D eigenvalue weighted by Gasteiger charge is 2.07. The van der Waals surface area contributed by atoms with Gasteiger partial charge in [0.2, 0.25) is 5.91 Å². The van der Waals surface area contributed by atoms with Gasteiger partial charge in [0.05, 0.1) is 6.10 Å². The largest absolute Gasteiger partial charge is 0.491 e. The number of rotatable bonds is 7. The summed E-state index contributed by atoms with van der Waals surface area (Å²) in [5.41, 5.74) is 0.710. The summed E-state index contributed by atoms with van der Waals surface area (Å²) in [4.78, 5) is 11.9. The topological polar surface area (TPSA) is 58.6 Å². The number of hydrogen-bond acceptors (Lipinski definition) is 4. The van der Waals surface area contributed by atoms with Gasteiger partial charge in [-0.3, -0.25) is 4.79 Å². The Kier molecular flexibility index (Phi) is 6.77. The highest BCUT2D eigenvalue weighted by Crippen LogP contribution is 2.22. The number of benzene rings is 2. The second kappa shape index (κ2) is 8.82. The third-order valence-electron chi connectivity index (χ3n) is 2.86. The summed E-state index contributed by atoms with van der Waals surface area (Å²) >= 11 is 7.44. The van der Waals surface area contributed by atoms with E-state index in [1.165, 1.54) is 18.7 Å². The van der Waals surface area contributed by atoms with Gasteiger partial charge >= 0.3 is 0 Å². The van der Waals surface area contributed by atoms with Gasteiger partial charge in [0.1, 0.15) is 12.4 Å². The van der Waals surface area contributed by atoms with Crippen molar-refractivity contribution in [1.82, 2.24) is 0 Å². The van der Waals surface area contributed by atoms with Crippen molar-refractivity contribution in [3.05, 3.63) is 53.6 Å². The number of carbonyl (C=O) groups excluding carboxylic acids is 1. The molecule has 1 atom stereocenters. The average Bonchev–Trinajstić information content (AvgIpc) is 2.52. The lowest BCUT2D eigenvalue weighted by molar-refractivity contribution is -0.114. The standard InChI is InChI=1S/C17H18ClNO3S/c1-12(20)19-14-5-7-16(8-6-14)22-10-15(21)11-23-17-4-2-3-13(18)9-17/h2-9,15,21H,10-11H2,1H3,(H,19,20). The van der Waals surface area contributed by atoms with Crippen molar-refractivity contribution in [2.45, 2.75) is 17.9 Å². The predicted molar refractivity (Wildman–Crippen MR) is 94.4 cm³/mol. The molecule has 0 aliphatic rings. The molecule has 0 radical (unpaired) electrons. The molecule has 2 rings (SSSR count). The fraction of sp³-hybridized carbons (Fsp3) is 0.235. The molecule has 0 aromatic heterocycles. The first-order valence-corrected chi connectivity index (χ1v) is 8.46. The maximum Gasteiger partial charge on any atom is 0.221 e. The van der Waals surface area contributed by atoms with Crippen LogP contribution in [0.3, 0.4) is 0 Å². The number of nitrogens with one attached hydrogen (secondary N) is 1. The Morgan fingerprint density at radius 3 is 2.70 bits per heavy atom. The first-order chi connectivity index (χ1) is 11.0. The maximum atomic E-state index is 10.9. The van der Waals surface area contributed by atoms with Crippen LogP contribution in [0.4, 0.5) is 5.69 Å². The molecule has 122 valence electrons. The molecule has 0 spiro atoms. The zero-order valence-corrected chi connectivity index (χ0v) is 14.2. The lowest BCUT2D eigenvalue weighted by Gasteiger charge is -2.12. The molecule has 6 heteroatoms. The molecule has 0 saturated heterocycles. The number of carbonyl (C=O) groups is 1. The number of hydrogen-bond donors (Lipinski definition) is 2. The summed E-state index contributed by atoms with van der Waals surface area (Å²) in [7, 11) is 0. The Balaban J connectivity index is 1.75. The number of amides is 1. The summed E-state index contributed by atoms with van der Waals surface area (Å²) < 4.78 is 5.54. The molecule has 0 bridgehead atoms. The lowest BCUT2D eigenvalue weighted by atomic mass is 10.3. The van der Waals surface area contributed by atoms with E-state index in [0.29, 0.717) is 22.2 Å². The number of ether oxygens (including phenoxy) is 1. The minimum atomic E-state index is -0.589. The fourth-order valence-electron chi connectivity index (χ4n) is 1.83. The Labute approximate surface area is 144 Å². The van der Waals surface area contributed by atoms with Crippen LogP contribution in [-0.2, 0) is 4.79 Å². The normalized spacial score (nSPS) is 11.8. The molecule has 0 heterocycles. The average molecular weight is 352 g/mol. The molecule has 2 N–H and O–H groups in total. The monoisotopic (exact) mass is 351 g/mol. The van der Waals surface area contributed by atoms with E-state index in [2.05, 4.69) is 5.32 Å². The van der Waals surface area contributed by atoms with Crippen molar-refractivity contribution < 1.29 is 14.6 Å². The van der Waals surface area contributed by atoms with E-state index in [4.69, 9.17) is 16.3 Å². The smallest absolute Gasteiger partial charge is 0.221 e. The Morgan fingerprint density at radius 2 is 2.04 bits per heavy atom. The van der Waals surface area contributed by atoms with Crippen molar-refractivity contribution in [3.63, 3.8) is 0 Å². The summed E-state index contributed by atoms with van der Waals surface area (Å²) in [5, 5.41) is 13.3. The first kappa shape index (κ1) is 17.7. The number of aliphatic hydroxyl groups excluding tert-OH is 1. The third kappa shape index (κ3) is 6.52. The van der Waals surface area contributed by atoms with E-state index in [-0.39, 0.29) is 12.5 Å². The van der Waals surface area contributed by atoms with Crippen LogP contribution >= 0.6 is 23.4 Å². The molecular weight excluding hydrogens is 334 g/mol. The zero-order chi connectivity index (χ0) is 16.7. The molecule has 0 fully saturated rings. The molecule has 0 aliphatic heterocycles. The second-order valence-electron chi connectivity index (χ2n) is 4.94. The Hall–Kier alpha value is -1.69. The number of halogens is 1. The van der Waals surface area contributed by atoms with Crippen LogP contribution in [0.15, 0.2) is 53.4 Å². The van der Waals surface area contributed by atoms with Crippen molar-refractivity contribution in [2.75, 3.05) is 17.7 Å². The summed E-state index contributed by atoms with van der Waals surface area (Å²) in [5.74, 6) is 1.04. The van der Waals surface area contributed by atoms with Crippen LogP contribution in [0.25, 0.3) is 0 Å². The van der Waals surface area contributed by atoms with Gasteiger partial charge < -0.3 is 15.2 Å². The third-order valence-corrected chi connectivity index (χ3v) is 4.23. The van der Waals surface area contributed by atoms with Crippen molar-refractivity contribution in [2.24, 2.45) is 0 Å². The molecule has 0 aliphatic carbocycles. The van der Waals surface area contributed by atoms with Gasteiger partial charge in [-0.15, -0.1) is 11.8 Å². The van der Waals surface area contributed by atoms with Gasteiger partial charge in [-0.25, -0.2) is 0 Å². The molecule has 0 saturated carbocycles. The van der Waals surface area contributed by atoms with Crippen molar-refractivity contribution >= 4 is 35.0 Å². The lowest BCUT2D eigenvalue weighted by Crippen LogP contribution is -2.20. The van der Waals surface area contributed by atoms with E-state index < -0.39 is 6.10 Å². The predicted octanol–water partition coefficient (Wildman–Crippen LogP) is 3.83. The van der Waals surface area contributed by atoms with Crippen LogP contribution in [0.1, 0.15) is 6.92 Å². The second-order valence-corrected chi connectivity index (χ2v) is 6.47. The zero-order valence-electron chi connectivity index (χ0n) is 12.7. The van der Waals surface area contributed by atoms with Crippen molar-refractivity contribution in [1.29, 1.82) is 0 Å². The van der Waals surface area contributed by atoms with Crippen LogP contribution in [0, 0.1) is 0 Å². The quantitative estimate of drug-likeness (QED) is 0.744. The first-order valence-electron chi connectivity index (χ1n) is 7.10. The molecule has 2 aromatic carbocycles. The summed E-state index contributed by atoms with van der Waals surface area (Å²) in [6.07, 6.45) is -0.589. The van der Waals surface area contributed by atoms with Gasteiger partial charge in [0.15, 0.2) is 0 Å². The molecule has 1 unspecified atom stereocenters. The molecule has 4 nitrogen and oxygen atoms in total. The number of thioether (sulfide) groups is 1. The number of anilines is 1. The minimum Gasteiger partial charge on any atom is -0.491 e. The minimum absolute atomic E-state index is 0.118. The van der Waals surface area contributed by atoms with E-state index in [9.17, 15) is 9.90 Å². The molecule has 1 amide bonds.